The van der Waals surface area contributed by atoms with Crippen molar-refractivity contribution in [3.8, 4) is 0 Å². The van der Waals surface area contributed by atoms with E-state index in [1.54, 1.807) is 0 Å². The molecule has 0 saturated carbocycles. The molecule has 1 atom stereocenters. The van der Waals surface area contributed by atoms with Gasteiger partial charge in [-0.2, -0.15) is 4.31 Å². The number of nitro benzene ring substituents is 1. The highest BCUT2D eigenvalue weighted by atomic mass is 32.2. The maximum Gasteiger partial charge on any atom is 0.293 e. The zero-order chi connectivity index (χ0) is 19.3. The topological polar surface area (TPSA) is 113 Å². The summed E-state index contributed by atoms with van der Waals surface area (Å²) in [7, 11) is -3.74. The van der Waals surface area contributed by atoms with Gasteiger partial charge in [0.2, 0.25) is 10.0 Å². The quantitative estimate of drug-likeness (QED) is 0.525. The Morgan fingerprint density at radius 3 is 2.46 bits per heavy atom. The van der Waals surface area contributed by atoms with Crippen molar-refractivity contribution in [2.45, 2.75) is 50.5 Å². The Hall–Kier alpha value is -1.71. The Morgan fingerprint density at radius 1 is 1.27 bits per heavy atom. The Bertz CT molecular complexity index is 730. The fourth-order valence-corrected chi connectivity index (χ4v) is 4.71. The van der Waals surface area contributed by atoms with Gasteiger partial charge in [0.25, 0.3) is 5.69 Å². The molecule has 1 aromatic rings. The standard InChI is InChI=1S/C17H27N3O5S/c1-13(2)10-14(12-21)18-16-7-6-15(11-17(16)20(22)23)26(24,25)19-8-4-3-5-9-19/h6-7,11,13-14,18,21H,3-5,8-10,12H2,1-2H3. The van der Waals surface area contributed by atoms with Gasteiger partial charge in [-0.15, -0.1) is 0 Å². The number of rotatable bonds is 8. The third kappa shape index (κ3) is 4.93. The number of nitrogens with zero attached hydrogens (tertiary/aromatic N) is 2. The maximum absolute atomic E-state index is 12.7. The van der Waals surface area contributed by atoms with Gasteiger partial charge in [-0.1, -0.05) is 20.3 Å². The molecule has 0 aliphatic carbocycles. The molecule has 0 radical (unpaired) electrons. The Kier molecular flexibility index (Phi) is 6.96. The molecule has 9 heteroatoms. The van der Waals surface area contributed by atoms with E-state index in [1.807, 2.05) is 13.8 Å². The number of benzene rings is 1. The first-order chi connectivity index (χ1) is 12.3. The third-order valence-corrected chi connectivity index (χ3v) is 6.35. The molecule has 1 aliphatic heterocycles. The van der Waals surface area contributed by atoms with Crippen LogP contribution < -0.4 is 5.32 Å². The highest BCUT2D eigenvalue weighted by molar-refractivity contribution is 7.89. The summed E-state index contributed by atoms with van der Waals surface area (Å²) in [5.41, 5.74) is -0.0856. The van der Waals surface area contributed by atoms with Crippen LogP contribution in [0.3, 0.4) is 0 Å². The Balaban J connectivity index is 2.32. The first-order valence-corrected chi connectivity index (χ1v) is 10.4. The van der Waals surface area contributed by atoms with Crippen LogP contribution in [-0.2, 0) is 10.0 Å². The van der Waals surface area contributed by atoms with Crippen molar-refractivity contribution in [1.82, 2.24) is 4.31 Å². The highest BCUT2D eigenvalue weighted by Crippen LogP contribution is 2.31. The van der Waals surface area contributed by atoms with Crippen LogP contribution in [0, 0.1) is 16.0 Å². The maximum atomic E-state index is 12.7. The fraction of sp³-hybridized carbons (Fsp3) is 0.647. The molecular weight excluding hydrogens is 358 g/mol. The Morgan fingerprint density at radius 2 is 1.92 bits per heavy atom. The average molecular weight is 385 g/mol. The lowest BCUT2D eigenvalue weighted by Gasteiger charge is -2.26. The second kappa shape index (κ2) is 8.79. The molecule has 8 nitrogen and oxygen atoms in total. The van der Waals surface area contributed by atoms with Gasteiger partial charge in [-0.25, -0.2) is 8.42 Å². The predicted molar refractivity (Wildman–Crippen MR) is 99.7 cm³/mol. The van der Waals surface area contributed by atoms with Crippen molar-refractivity contribution in [2.75, 3.05) is 25.0 Å². The van der Waals surface area contributed by atoms with Crippen LogP contribution in [0.2, 0.25) is 0 Å². The molecule has 0 bridgehead atoms. The van der Waals surface area contributed by atoms with E-state index in [-0.39, 0.29) is 28.9 Å². The number of nitrogens with one attached hydrogen (secondary N) is 1. The summed E-state index contributed by atoms with van der Waals surface area (Å²) in [6.07, 6.45) is 3.23. The number of nitro groups is 1. The largest absolute Gasteiger partial charge is 0.394 e. The number of piperidine rings is 1. The molecule has 1 aromatic carbocycles. The second-order valence-corrected chi connectivity index (χ2v) is 8.99. The number of anilines is 1. The summed E-state index contributed by atoms with van der Waals surface area (Å²) in [5.74, 6) is 0.303. The smallest absolute Gasteiger partial charge is 0.293 e. The molecule has 0 spiro atoms. The van der Waals surface area contributed by atoms with Gasteiger partial charge in [0, 0.05) is 25.2 Å². The molecule has 146 valence electrons. The van der Waals surface area contributed by atoms with Gasteiger partial charge in [-0.05, 0) is 37.3 Å². The van der Waals surface area contributed by atoms with Crippen LogP contribution in [0.15, 0.2) is 23.1 Å². The van der Waals surface area contributed by atoms with Gasteiger partial charge in [0.15, 0.2) is 0 Å². The van der Waals surface area contributed by atoms with Gasteiger partial charge in [0.05, 0.1) is 16.4 Å². The number of aliphatic hydroxyl groups is 1. The molecular formula is C17H27N3O5S. The zero-order valence-electron chi connectivity index (χ0n) is 15.2. The van der Waals surface area contributed by atoms with E-state index in [0.717, 1.165) is 25.3 Å². The molecule has 1 fully saturated rings. The van der Waals surface area contributed by atoms with Crippen molar-refractivity contribution < 1.29 is 18.4 Å². The van der Waals surface area contributed by atoms with Gasteiger partial charge in [0.1, 0.15) is 5.69 Å². The summed E-state index contributed by atoms with van der Waals surface area (Å²) >= 11 is 0. The number of hydrogen-bond acceptors (Lipinski definition) is 6. The number of hydrogen-bond donors (Lipinski definition) is 2. The van der Waals surface area contributed by atoms with Crippen LogP contribution in [0.25, 0.3) is 0 Å². The van der Waals surface area contributed by atoms with Gasteiger partial charge >= 0.3 is 0 Å². The van der Waals surface area contributed by atoms with Crippen molar-refractivity contribution in [3.05, 3.63) is 28.3 Å². The molecule has 1 aliphatic rings. The minimum Gasteiger partial charge on any atom is -0.394 e. The van der Waals surface area contributed by atoms with Crippen molar-refractivity contribution in [2.24, 2.45) is 5.92 Å². The van der Waals surface area contributed by atoms with E-state index >= 15 is 0 Å². The van der Waals surface area contributed by atoms with E-state index in [9.17, 15) is 23.6 Å². The normalized spacial score (nSPS) is 17.2. The lowest BCUT2D eigenvalue weighted by Crippen LogP contribution is -2.35. The summed E-state index contributed by atoms with van der Waals surface area (Å²) < 4.78 is 26.9. The summed E-state index contributed by atoms with van der Waals surface area (Å²) in [6.45, 7) is 4.71. The van der Waals surface area contributed by atoms with E-state index in [4.69, 9.17) is 0 Å². The molecule has 26 heavy (non-hydrogen) atoms. The van der Waals surface area contributed by atoms with E-state index in [2.05, 4.69) is 5.32 Å². The third-order valence-electron chi connectivity index (χ3n) is 4.45. The van der Waals surface area contributed by atoms with Crippen LogP contribution in [0.1, 0.15) is 39.5 Å². The lowest BCUT2D eigenvalue weighted by atomic mass is 10.0. The first-order valence-electron chi connectivity index (χ1n) is 8.91. The minimum atomic E-state index is -3.74. The Labute approximate surface area is 154 Å². The van der Waals surface area contributed by atoms with Gasteiger partial charge < -0.3 is 10.4 Å². The molecule has 0 aromatic heterocycles. The monoisotopic (exact) mass is 385 g/mol. The SMILES string of the molecule is CC(C)CC(CO)Nc1ccc(S(=O)(=O)N2CCCCC2)cc1[N+](=O)[O-]. The van der Waals surface area contributed by atoms with Crippen LogP contribution in [0.5, 0.6) is 0 Å². The second-order valence-electron chi connectivity index (χ2n) is 7.05. The van der Waals surface area contributed by atoms with E-state index in [1.165, 1.54) is 16.4 Å². The highest BCUT2D eigenvalue weighted by Gasteiger charge is 2.29. The zero-order valence-corrected chi connectivity index (χ0v) is 16.0. The van der Waals surface area contributed by atoms with Crippen LogP contribution >= 0.6 is 0 Å². The van der Waals surface area contributed by atoms with Crippen molar-refractivity contribution >= 4 is 21.4 Å². The molecule has 1 unspecified atom stereocenters. The van der Waals surface area contributed by atoms with Crippen molar-refractivity contribution in [3.63, 3.8) is 0 Å². The van der Waals surface area contributed by atoms with E-state index < -0.39 is 14.9 Å². The molecule has 0 amide bonds. The molecule has 1 saturated heterocycles. The lowest BCUT2D eigenvalue weighted by molar-refractivity contribution is -0.384. The predicted octanol–water partition coefficient (Wildman–Crippen LogP) is 2.59. The van der Waals surface area contributed by atoms with Crippen LogP contribution in [0.4, 0.5) is 11.4 Å². The summed E-state index contributed by atoms with van der Waals surface area (Å²) in [6, 6.07) is 3.58. The average Bonchev–Trinajstić information content (AvgIpc) is 2.61. The molecule has 2 rings (SSSR count). The van der Waals surface area contributed by atoms with Crippen LogP contribution in [-0.4, -0.2) is 48.5 Å². The van der Waals surface area contributed by atoms with Gasteiger partial charge in [-0.3, -0.25) is 10.1 Å². The fourth-order valence-electron chi connectivity index (χ4n) is 3.17. The first kappa shape index (κ1) is 20.6. The molecule has 1 heterocycles. The number of sulfonamides is 1. The van der Waals surface area contributed by atoms with Crippen molar-refractivity contribution in [1.29, 1.82) is 0 Å². The summed E-state index contributed by atoms with van der Waals surface area (Å²) in [5, 5.41) is 23.9. The van der Waals surface area contributed by atoms with E-state index in [0.29, 0.717) is 25.4 Å². The number of aliphatic hydroxyl groups excluding tert-OH is 1. The summed E-state index contributed by atoms with van der Waals surface area (Å²) in [4.78, 5) is 10.8. The molecule has 2 N–H and O–H groups in total. The minimum absolute atomic E-state index is 0.0685.